The zero-order chi connectivity index (χ0) is 33.4. The SMILES string of the molecule is COc1ccc(C)cc1N(CC(=O)N(Cc1ccc(C)cc1)[C@H](Cc1ccccc1)C(=O)NC1CCCC1)S(=O)(=O)c1ccccc1. The van der Waals surface area contributed by atoms with E-state index in [1.807, 2.05) is 74.5 Å². The Morgan fingerprint density at radius 1 is 0.830 bits per heavy atom. The Balaban J connectivity index is 1.59. The monoisotopic (exact) mass is 653 g/mol. The maximum atomic E-state index is 14.7. The number of carbonyl (C=O) groups excluding carboxylic acids is 2. The average molecular weight is 654 g/mol. The summed E-state index contributed by atoms with van der Waals surface area (Å²) in [5.41, 5.74) is 3.85. The molecule has 1 N–H and O–H groups in total. The Hall–Kier alpha value is -4.63. The van der Waals surface area contributed by atoms with Crippen molar-refractivity contribution >= 4 is 27.5 Å². The Morgan fingerprint density at radius 2 is 1.45 bits per heavy atom. The van der Waals surface area contributed by atoms with E-state index in [1.54, 1.807) is 30.3 Å². The number of nitrogens with one attached hydrogen (secondary N) is 1. The number of aryl methyl sites for hydroxylation is 2. The first-order valence-corrected chi connectivity index (χ1v) is 17.5. The zero-order valence-electron chi connectivity index (χ0n) is 27.3. The van der Waals surface area contributed by atoms with E-state index >= 15 is 0 Å². The molecule has 0 saturated heterocycles. The lowest BCUT2D eigenvalue weighted by Crippen LogP contribution is -2.54. The summed E-state index contributed by atoms with van der Waals surface area (Å²) in [5, 5.41) is 3.21. The van der Waals surface area contributed by atoms with Gasteiger partial charge >= 0.3 is 0 Å². The Kier molecular flexibility index (Phi) is 11.0. The highest BCUT2D eigenvalue weighted by Gasteiger charge is 2.36. The van der Waals surface area contributed by atoms with E-state index in [9.17, 15) is 18.0 Å². The fraction of sp³-hybridized carbons (Fsp3) is 0.316. The van der Waals surface area contributed by atoms with Gasteiger partial charge in [-0.2, -0.15) is 0 Å². The number of benzene rings is 4. The van der Waals surface area contributed by atoms with Crippen LogP contribution in [0.5, 0.6) is 5.75 Å². The van der Waals surface area contributed by atoms with Crippen LogP contribution in [0, 0.1) is 13.8 Å². The van der Waals surface area contributed by atoms with Crippen LogP contribution >= 0.6 is 0 Å². The van der Waals surface area contributed by atoms with E-state index in [0.29, 0.717) is 5.75 Å². The molecule has 1 saturated carbocycles. The molecule has 0 bridgehead atoms. The predicted octanol–water partition coefficient (Wildman–Crippen LogP) is 6.21. The van der Waals surface area contributed by atoms with Gasteiger partial charge in [-0.15, -0.1) is 0 Å². The van der Waals surface area contributed by atoms with Crippen molar-refractivity contribution in [3.05, 3.63) is 125 Å². The van der Waals surface area contributed by atoms with Gasteiger partial charge in [0.1, 0.15) is 18.3 Å². The van der Waals surface area contributed by atoms with Gasteiger partial charge in [-0.3, -0.25) is 13.9 Å². The number of hydrogen-bond donors (Lipinski definition) is 1. The van der Waals surface area contributed by atoms with Crippen LogP contribution in [0.25, 0.3) is 0 Å². The summed E-state index contributed by atoms with van der Waals surface area (Å²) in [7, 11) is -2.76. The molecule has 4 aromatic carbocycles. The van der Waals surface area contributed by atoms with Gasteiger partial charge in [-0.1, -0.05) is 97.3 Å². The molecule has 1 atom stereocenters. The van der Waals surface area contributed by atoms with Gasteiger partial charge in [0.2, 0.25) is 11.8 Å². The first-order chi connectivity index (χ1) is 22.7. The summed E-state index contributed by atoms with van der Waals surface area (Å²) >= 11 is 0. The molecule has 1 aliphatic carbocycles. The Labute approximate surface area is 278 Å². The van der Waals surface area contributed by atoms with E-state index in [1.165, 1.54) is 24.1 Å². The van der Waals surface area contributed by atoms with Gasteiger partial charge in [-0.05, 0) is 67.6 Å². The summed E-state index contributed by atoms with van der Waals surface area (Å²) in [5.74, 6) is -0.434. The first kappa shape index (κ1) is 33.7. The smallest absolute Gasteiger partial charge is 0.264 e. The van der Waals surface area contributed by atoms with Crippen LogP contribution in [-0.2, 0) is 32.6 Å². The fourth-order valence-electron chi connectivity index (χ4n) is 6.04. The third-order valence-corrected chi connectivity index (χ3v) is 10.4. The van der Waals surface area contributed by atoms with Crippen molar-refractivity contribution in [3.8, 4) is 5.75 Å². The molecule has 0 aliphatic heterocycles. The molecule has 0 aromatic heterocycles. The maximum Gasteiger partial charge on any atom is 0.264 e. The van der Waals surface area contributed by atoms with Crippen molar-refractivity contribution in [2.75, 3.05) is 18.0 Å². The molecule has 0 radical (unpaired) electrons. The van der Waals surface area contributed by atoms with Crippen molar-refractivity contribution in [1.82, 2.24) is 10.2 Å². The zero-order valence-corrected chi connectivity index (χ0v) is 28.1. The van der Waals surface area contributed by atoms with Gasteiger partial charge in [0, 0.05) is 19.0 Å². The number of methoxy groups -OCH3 is 1. The highest BCUT2D eigenvalue weighted by Crippen LogP contribution is 2.34. The fourth-order valence-corrected chi connectivity index (χ4v) is 7.48. The second-order valence-electron chi connectivity index (χ2n) is 12.2. The van der Waals surface area contributed by atoms with Crippen molar-refractivity contribution in [1.29, 1.82) is 0 Å². The summed E-state index contributed by atoms with van der Waals surface area (Å²) in [6.07, 6.45) is 4.16. The highest BCUT2D eigenvalue weighted by atomic mass is 32.2. The number of ether oxygens (including phenoxy) is 1. The van der Waals surface area contributed by atoms with Gasteiger partial charge < -0.3 is 15.0 Å². The molecule has 0 unspecified atom stereocenters. The van der Waals surface area contributed by atoms with Crippen LogP contribution in [0.2, 0.25) is 0 Å². The minimum atomic E-state index is -4.23. The minimum absolute atomic E-state index is 0.0428. The van der Waals surface area contributed by atoms with Crippen LogP contribution in [0.3, 0.4) is 0 Å². The molecule has 5 rings (SSSR count). The highest BCUT2D eigenvalue weighted by molar-refractivity contribution is 7.92. The van der Waals surface area contributed by atoms with E-state index in [0.717, 1.165) is 52.2 Å². The normalized spacial score (nSPS) is 13.9. The van der Waals surface area contributed by atoms with Crippen molar-refractivity contribution in [2.45, 2.75) is 69.5 Å². The van der Waals surface area contributed by atoms with Gasteiger partial charge in [-0.25, -0.2) is 8.42 Å². The number of hydrogen-bond acceptors (Lipinski definition) is 5. The van der Waals surface area contributed by atoms with Crippen LogP contribution in [0.1, 0.15) is 47.9 Å². The Morgan fingerprint density at radius 3 is 2.09 bits per heavy atom. The second kappa shape index (κ2) is 15.3. The number of carbonyl (C=O) groups is 2. The first-order valence-electron chi connectivity index (χ1n) is 16.1. The molecule has 47 heavy (non-hydrogen) atoms. The standard InChI is InChI=1S/C38H43N3O5S/c1-28-18-21-31(22-19-28)26-40(35(25-30-12-6-4-7-13-30)38(43)39-32-14-10-11-15-32)37(42)27-41(34-24-29(2)20-23-36(34)46-3)47(44,45)33-16-8-5-9-17-33/h4-9,12-13,16-24,32,35H,10-11,14-15,25-27H2,1-3H3,(H,39,43)/t35-/m1/s1. The number of rotatable bonds is 13. The molecule has 8 nitrogen and oxygen atoms in total. The third kappa shape index (κ3) is 8.40. The molecule has 1 fully saturated rings. The topological polar surface area (TPSA) is 96.0 Å². The molecular weight excluding hydrogens is 611 g/mol. The maximum absolute atomic E-state index is 14.7. The lowest BCUT2D eigenvalue weighted by atomic mass is 10.0. The van der Waals surface area contributed by atoms with E-state index in [-0.39, 0.29) is 35.5 Å². The average Bonchev–Trinajstić information content (AvgIpc) is 3.59. The summed E-state index contributed by atoms with van der Waals surface area (Å²) in [6.45, 7) is 3.43. The summed E-state index contributed by atoms with van der Waals surface area (Å²) < 4.78 is 35.3. The molecular formula is C38H43N3O5S. The largest absolute Gasteiger partial charge is 0.495 e. The Bertz CT molecular complexity index is 1760. The molecule has 246 valence electrons. The van der Waals surface area contributed by atoms with Crippen LogP contribution in [0.4, 0.5) is 5.69 Å². The second-order valence-corrected chi connectivity index (χ2v) is 14.1. The lowest BCUT2D eigenvalue weighted by Gasteiger charge is -2.34. The summed E-state index contributed by atoms with van der Waals surface area (Å²) in [6, 6.07) is 29.8. The quantitative estimate of drug-likeness (QED) is 0.185. The molecule has 0 spiro atoms. The van der Waals surface area contributed by atoms with Crippen LogP contribution in [0.15, 0.2) is 108 Å². The number of sulfonamides is 1. The third-order valence-electron chi connectivity index (χ3n) is 8.66. The number of anilines is 1. The lowest BCUT2D eigenvalue weighted by molar-refractivity contribution is -0.140. The van der Waals surface area contributed by atoms with Gasteiger partial charge in [0.15, 0.2) is 0 Å². The van der Waals surface area contributed by atoms with Crippen molar-refractivity contribution in [3.63, 3.8) is 0 Å². The van der Waals surface area contributed by atoms with Crippen LogP contribution in [-0.4, -0.2) is 50.9 Å². The molecule has 1 aliphatic rings. The van der Waals surface area contributed by atoms with Gasteiger partial charge in [0.25, 0.3) is 10.0 Å². The summed E-state index contributed by atoms with van der Waals surface area (Å²) in [4.78, 5) is 30.5. The molecule has 2 amide bonds. The van der Waals surface area contributed by atoms with Crippen molar-refractivity contribution < 1.29 is 22.7 Å². The molecule has 4 aromatic rings. The van der Waals surface area contributed by atoms with E-state index in [4.69, 9.17) is 4.74 Å². The minimum Gasteiger partial charge on any atom is -0.495 e. The van der Waals surface area contributed by atoms with Gasteiger partial charge in [0.05, 0.1) is 17.7 Å². The molecule has 0 heterocycles. The van der Waals surface area contributed by atoms with E-state index < -0.39 is 28.5 Å². The van der Waals surface area contributed by atoms with E-state index in [2.05, 4.69) is 5.32 Å². The van der Waals surface area contributed by atoms with Crippen LogP contribution < -0.4 is 14.4 Å². The van der Waals surface area contributed by atoms with Crippen molar-refractivity contribution in [2.24, 2.45) is 0 Å². The predicted molar refractivity (Wildman–Crippen MR) is 185 cm³/mol. The molecule has 9 heteroatoms. The number of nitrogens with zero attached hydrogens (tertiary/aromatic N) is 2. The number of amides is 2.